The molecule has 0 aliphatic carbocycles. The summed E-state index contributed by atoms with van der Waals surface area (Å²) in [6, 6.07) is 0. The second-order valence-corrected chi connectivity index (χ2v) is 16.2. The molecule has 0 unspecified atom stereocenters. The molecule has 0 amide bonds. The van der Waals surface area contributed by atoms with Crippen LogP contribution in [-0.4, -0.2) is 29.8 Å². The SMILES string of the molecule is CCCCCCCCCCC/C=C/[N+](/C=C/CCCCCCCCCCC)(/C=C/CCCCCCCCCCC)CCCCS(=O)(=O)[O-]. The van der Waals surface area contributed by atoms with Crippen LogP contribution in [0.1, 0.15) is 226 Å². The van der Waals surface area contributed by atoms with Gasteiger partial charge in [-0.05, 0) is 69.6 Å². The van der Waals surface area contributed by atoms with Crippen LogP contribution in [0, 0.1) is 0 Å². The van der Waals surface area contributed by atoms with Gasteiger partial charge in [0, 0.05) is 5.75 Å². The summed E-state index contributed by atoms with van der Waals surface area (Å²) in [6.45, 7) is 7.63. The first kappa shape index (κ1) is 47.1. The molecule has 0 fully saturated rings. The Balaban J connectivity index is 5.14. The molecule has 48 heavy (non-hydrogen) atoms. The number of nitrogens with zero attached hydrogens (tertiary/aromatic N) is 1. The van der Waals surface area contributed by atoms with Crippen molar-refractivity contribution in [3.05, 3.63) is 36.8 Å². The molecule has 0 aromatic rings. The van der Waals surface area contributed by atoms with E-state index >= 15 is 0 Å². The number of rotatable bonds is 38. The van der Waals surface area contributed by atoms with Crippen molar-refractivity contribution < 1.29 is 17.5 Å². The molecule has 5 heteroatoms. The summed E-state index contributed by atoms with van der Waals surface area (Å²) in [5, 5.41) is 0. The zero-order valence-corrected chi connectivity index (χ0v) is 33.4. The maximum atomic E-state index is 11.3. The van der Waals surface area contributed by atoms with Crippen molar-refractivity contribution in [3.8, 4) is 0 Å². The van der Waals surface area contributed by atoms with Crippen molar-refractivity contribution in [2.24, 2.45) is 0 Å². The van der Waals surface area contributed by atoms with Crippen LogP contribution in [0.3, 0.4) is 0 Å². The molecular weight excluding hydrogens is 611 g/mol. The number of hydrogen-bond acceptors (Lipinski definition) is 3. The predicted molar refractivity (Wildman–Crippen MR) is 212 cm³/mol. The Kier molecular flexibility index (Phi) is 35.2. The Hall–Kier alpha value is -0.910. The van der Waals surface area contributed by atoms with E-state index in [0.717, 1.165) is 25.8 Å². The van der Waals surface area contributed by atoms with Crippen LogP contribution in [0.25, 0.3) is 0 Å². The molecular formula is C43H83NO3S. The molecule has 0 radical (unpaired) electrons. The van der Waals surface area contributed by atoms with E-state index in [0.29, 0.717) is 17.3 Å². The normalized spacial score (nSPS) is 12.8. The summed E-state index contributed by atoms with van der Waals surface area (Å²) in [5.74, 6) is -0.264. The Morgan fingerprint density at radius 3 is 0.938 bits per heavy atom. The maximum absolute atomic E-state index is 11.3. The monoisotopic (exact) mass is 694 g/mol. The minimum atomic E-state index is -4.17. The quantitative estimate of drug-likeness (QED) is 0.0367. The van der Waals surface area contributed by atoms with E-state index in [1.165, 1.54) is 173 Å². The van der Waals surface area contributed by atoms with Gasteiger partial charge in [0.15, 0.2) is 0 Å². The van der Waals surface area contributed by atoms with Crippen LogP contribution in [0.15, 0.2) is 36.8 Å². The Bertz CT molecular complexity index is 769. The van der Waals surface area contributed by atoms with Crippen LogP contribution in [0.2, 0.25) is 0 Å². The summed E-state index contributed by atoms with van der Waals surface area (Å²) < 4.78 is 34.6. The molecule has 0 saturated heterocycles. The van der Waals surface area contributed by atoms with E-state index in [1.54, 1.807) is 0 Å². The Morgan fingerprint density at radius 2 is 0.667 bits per heavy atom. The van der Waals surface area contributed by atoms with Crippen LogP contribution >= 0.6 is 0 Å². The van der Waals surface area contributed by atoms with Crippen molar-refractivity contribution in [1.29, 1.82) is 0 Å². The molecule has 0 atom stereocenters. The highest BCUT2D eigenvalue weighted by Gasteiger charge is 2.19. The van der Waals surface area contributed by atoms with E-state index in [4.69, 9.17) is 0 Å². The van der Waals surface area contributed by atoms with Crippen LogP contribution in [-0.2, 0) is 10.1 Å². The average Bonchev–Trinajstić information content (AvgIpc) is 3.06. The summed E-state index contributed by atoms with van der Waals surface area (Å²) in [4.78, 5) is 0. The van der Waals surface area contributed by atoms with E-state index < -0.39 is 10.1 Å². The van der Waals surface area contributed by atoms with Gasteiger partial charge in [0.25, 0.3) is 0 Å². The highest BCUT2D eigenvalue weighted by molar-refractivity contribution is 7.85. The average molecular weight is 694 g/mol. The van der Waals surface area contributed by atoms with Gasteiger partial charge in [-0.15, -0.1) is 0 Å². The Labute approximate surface area is 302 Å². The van der Waals surface area contributed by atoms with Crippen molar-refractivity contribution in [1.82, 2.24) is 0 Å². The van der Waals surface area contributed by atoms with Gasteiger partial charge in [-0.2, -0.15) is 0 Å². The van der Waals surface area contributed by atoms with Crippen LogP contribution < -0.4 is 0 Å². The third kappa shape index (κ3) is 34.9. The van der Waals surface area contributed by atoms with Crippen LogP contribution in [0.5, 0.6) is 0 Å². The molecule has 0 aliphatic rings. The van der Waals surface area contributed by atoms with Gasteiger partial charge >= 0.3 is 0 Å². The fraction of sp³-hybridized carbons (Fsp3) is 0.860. The molecule has 0 aromatic heterocycles. The third-order valence-corrected chi connectivity index (χ3v) is 10.6. The molecule has 0 rings (SSSR count). The van der Waals surface area contributed by atoms with Gasteiger partial charge in [-0.1, -0.05) is 175 Å². The molecule has 0 aromatic carbocycles. The molecule has 0 aliphatic heterocycles. The molecule has 0 saturated carbocycles. The lowest BCUT2D eigenvalue weighted by molar-refractivity contribution is -0.774. The fourth-order valence-corrected chi connectivity index (χ4v) is 7.13. The standard InChI is InChI=1S/C43H83NO3S/c1-4-7-10-13-16-19-22-25-28-31-34-39-44(42-37-38-43-48(45,46)47,40-35-32-29-26-23-20-17-14-11-8-5-2)41-36-33-30-27-24-21-18-15-12-9-6-3/h34-36,39-41H,4-33,37-38,42-43H2,1-3H3/b39-34+,40-35+,41-36+. The summed E-state index contributed by atoms with van der Waals surface area (Å²) in [5.41, 5.74) is 0. The van der Waals surface area contributed by atoms with Gasteiger partial charge < -0.3 is 4.55 Å². The van der Waals surface area contributed by atoms with Gasteiger partial charge in [-0.3, -0.25) is 0 Å². The second kappa shape index (κ2) is 35.9. The van der Waals surface area contributed by atoms with E-state index in [1.807, 2.05) is 0 Å². The number of unbranched alkanes of at least 4 members (excludes halogenated alkanes) is 28. The predicted octanol–water partition coefficient (Wildman–Crippen LogP) is 14.4. The van der Waals surface area contributed by atoms with Crippen molar-refractivity contribution >= 4 is 10.1 Å². The molecule has 0 bridgehead atoms. The van der Waals surface area contributed by atoms with Gasteiger partial charge in [0.1, 0.15) is 18.6 Å². The molecule has 284 valence electrons. The van der Waals surface area contributed by atoms with Crippen LogP contribution in [0.4, 0.5) is 0 Å². The number of allylic oxidation sites excluding steroid dienone is 3. The summed E-state index contributed by atoms with van der Waals surface area (Å²) in [7, 11) is -4.17. The lowest BCUT2D eigenvalue weighted by Gasteiger charge is -2.27. The maximum Gasteiger partial charge on any atom is 0.101 e. The fourth-order valence-electron chi connectivity index (χ4n) is 6.57. The van der Waals surface area contributed by atoms with Crippen molar-refractivity contribution in [2.75, 3.05) is 12.3 Å². The minimum Gasteiger partial charge on any atom is -0.748 e. The number of hydrogen-bond donors (Lipinski definition) is 0. The summed E-state index contributed by atoms with van der Waals surface area (Å²) >= 11 is 0. The molecule has 0 heterocycles. The van der Waals surface area contributed by atoms with Crippen molar-refractivity contribution in [2.45, 2.75) is 226 Å². The first-order valence-electron chi connectivity index (χ1n) is 21.2. The third-order valence-electron chi connectivity index (χ3n) is 9.76. The van der Waals surface area contributed by atoms with E-state index in [2.05, 4.69) is 57.6 Å². The van der Waals surface area contributed by atoms with Crippen molar-refractivity contribution in [3.63, 3.8) is 0 Å². The van der Waals surface area contributed by atoms with E-state index in [9.17, 15) is 13.0 Å². The summed E-state index contributed by atoms with van der Waals surface area (Å²) in [6.07, 6.45) is 54.7. The van der Waals surface area contributed by atoms with Gasteiger partial charge in [-0.25, -0.2) is 12.9 Å². The largest absolute Gasteiger partial charge is 0.748 e. The zero-order valence-electron chi connectivity index (χ0n) is 32.6. The second-order valence-electron chi connectivity index (χ2n) is 14.7. The smallest absolute Gasteiger partial charge is 0.101 e. The highest BCUT2D eigenvalue weighted by Crippen LogP contribution is 2.20. The Morgan fingerprint density at radius 1 is 0.396 bits per heavy atom. The molecule has 0 spiro atoms. The highest BCUT2D eigenvalue weighted by atomic mass is 32.2. The number of quaternary nitrogens is 1. The molecule has 4 nitrogen and oxygen atoms in total. The first-order valence-corrected chi connectivity index (χ1v) is 22.8. The molecule has 0 N–H and O–H groups in total. The zero-order chi connectivity index (χ0) is 35.3. The van der Waals surface area contributed by atoms with Gasteiger partial charge in [0.05, 0.1) is 16.7 Å². The lowest BCUT2D eigenvalue weighted by Crippen LogP contribution is -2.32. The lowest BCUT2D eigenvalue weighted by atomic mass is 10.1. The van der Waals surface area contributed by atoms with Gasteiger partial charge in [0.2, 0.25) is 0 Å². The minimum absolute atomic E-state index is 0.264. The first-order chi connectivity index (χ1) is 23.4. The topological polar surface area (TPSA) is 57.2 Å². The van der Waals surface area contributed by atoms with E-state index in [-0.39, 0.29) is 5.75 Å².